The van der Waals surface area contributed by atoms with Gasteiger partial charge in [0.15, 0.2) is 6.79 Å². The van der Waals surface area contributed by atoms with Gasteiger partial charge in [-0.25, -0.2) is 0 Å². The van der Waals surface area contributed by atoms with Crippen LogP contribution in [0.15, 0.2) is 30.3 Å². The molecule has 0 radical (unpaired) electrons. The van der Waals surface area contributed by atoms with Crippen molar-refractivity contribution in [3.63, 3.8) is 0 Å². The monoisotopic (exact) mass is 421 g/mol. The zero-order valence-corrected chi connectivity index (χ0v) is 16.7. The summed E-state index contributed by atoms with van der Waals surface area (Å²) in [6.07, 6.45) is 0. The van der Waals surface area contributed by atoms with E-state index in [0.717, 1.165) is 0 Å². The number of benzene rings is 2. The average molecular weight is 422 g/mol. The van der Waals surface area contributed by atoms with E-state index in [4.69, 9.17) is 25.8 Å². The molecule has 0 saturated carbocycles. The van der Waals surface area contributed by atoms with E-state index in [1.165, 1.54) is 19.2 Å². The van der Waals surface area contributed by atoms with Crippen LogP contribution in [0.25, 0.3) is 0 Å². The van der Waals surface area contributed by atoms with Gasteiger partial charge in [-0.3, -0.25) is 19.8 Å². The first-order valence-corrected chi connectivity index (χ1v) is 9.08. The zero-order valence-electron chi connectivity index (χ0n) is 15.9. The normalized spacial score (nSPS) is 12.8. The highest BCUT2D eigenvalue weighted by atomic mass is 35.5. The van der Waals surface area contributed by atoms with Gasteiger partial charge in [-0.15, -0.1) is 0 Å². The lowest BCUT2D eigenvalue weighted by Crippen LogP contribution is -2.30. The van der Waals surface area contributed by atoms with Crippen molar-refractivity contribution in [3.8, 4) is 11.5 Å². The molecule has 1 amide bonds. The van der Waals surface area contributed by atoms with Crippen LogP contribution in [-0.4, -0.2) is 43.2 Å². The SMILES string of the molecule is COc1ccc(Cl)cc1NC(=O)CN(C)Cc1cc([N+](=O)[O-])cc2c1OCOC2. The maximum Gasteiger partial charge on any atom is 0.270 e. The first kappa shape index (κ1) is 20.8. The van der Waals surface area contributed by atoms with Gasteiger partial charge < -0.3 is 19.5 Å². The van der Waals surface area contributed by atoms with E-state index in [9.17, 15) is 14.9 Å². The first-order chi connectivity index (χ1) is 13.9. The second kappa shape index (κ2) is 9.08. The number of methoxy groups -OCH3 is 1. The predicted molar refractivity (Wildman–Crippen MR) is 106 cm³/mol. The number of ether oxygens (including phenoxy) is 3. The molecule has 0 spiro atoms. The van der Waals surface area contributed by atoms with Crippen molar-refractivity contribution in [2.75, 3.05) is 32.8 Å². The Morgan fingerprint density at radius 2 is 2.17 bits per heavy atom. The molecule has 10 heteroatoms. The lowest BCUT2D eigenvalue weighted by Gasteiger charge is -2.23. The number of anilines is 1. The number of nitro groups is 1. The minimum absolute atomic E-state index is 0.0453. The van der Waals surface area contributed by atoms with Crippen LogP contribution in [0.3, 0.4) is 0 Å². The molecule has 0 bridgehead atoms. The number of amides is 1. The summed E-state index contributed by atoms with van der Waals surface area (Å²) in [5.41, 5.74) is 1.65. The van der Waals surface area contributed by atoms with Crippen LogP contribution < -0.4 is 14.8 Å². The van der Waals surface area contributed by atoms with Gasteiger partial charge in [0.25, 0.3) is 5.69 Å². The Bertz CT molecular complexity index is 936. The van der Waals surface area contributed by atoms with Crippen LogP contribution in [0, 0.1) is 10.1 Å². The molecular weight excluding hydrogens is 402 g/mol. The minimum atomic E-state index is -0.462. The molecule has 154 valence electrons. The van der Waals surface area contributed by atoms with E-state index in [1.807, 2.05) is 0 Å². The van der Waals surface area contributed by atoms with Crippen molar-refractivity contribution >= 4 is 28.9 Å². The Hall–Kier alpha value is -2.88. The molecule has 0 saturated heterocycles. The standard InChI is InChI=1S/C19H20ClN3O6/c1-22(9-18(24)21-16-7-14(20)3-4-17(16)27-2)8-12-5-15(23(25)26)6-13-10-28-11-29-19(12)13/h3-7H,8-11H2,1-2H3,(H,21,24). The minimum Gasteiger partial charge on any atom is -0.495 e. The summed E-state index contributed by atoms with van der Waals surface area (Å²) in [6, 6.07) is 7.82. The molecule has 0 atom stereocenters. The molecule has 29 heavy (non-hydrogen) atoms. The summed E-state index contributed by atoms with van der Waals surface area (Å²) in [5, 5.41) is 14.4. The summed E-state index contributed by atoms with van der Waals surface area (Å²) in [5.74, 6) is 0.772. The fraction of sp³-hybridized carbons (Fsp3) is 0.316. The molecule has 0 fully saturated rings. The van der Waals surface area contributed by atoms with E-state index >= 15 is 0 Å². The summed E-state index contributed by atoms with van der Waals surface area (Å²) < 4.78 is 16.0. The van der Waals surface area contributed by atoms with Crippen LogP contribution >= 0.6 is 11.6 Å². The number of rotatable bonds is 7. The van der Waals surface area contributed by atoms with Gasteiger partial charge in [0.05, 0.1) is 30.9 Å². The maximum absolute atomic E-state index is 12.4. The molecule has 2 aromatic rings. The molecule has 1 heterocycles. The first-order valence-electron chi connectivity index (χ1n) is 8.70. The van der Waals surface area contributed by atoms with Crippen LogP contribution in [0.2, 0.25) is 5.02 Å². The fourth-order valence-corrected chi connectivity index (χ4v) is 3.24. The summed E-state index contributed by atoms with van der Waals surface area (Å²) in [7, 11) is 3.24. The van der Waals surface area contributed by atoms with Crippen LogP contribution in [0.1, 0.15) is 11.1 Å². The second-order valence-electron chi connectivity index (χ2n) is 6.53. The summed E-state index contributed by atoms with van der Waals surface area (Å²) >= 11 is 5.98. The lowest BCUT2D eigenvalue weighted by molar-refractivity contribution is -0.385. The van der Waals surface area contributed by atoms with E-state index in [-0.39, 0.29) is 38.1 Å². The molecule has 1 aliphatic heterocycles. The van der Waals surface area contributed by atoms with Gasteiger partial charge in [0.1, 0.15) is 11.5 Å². The Morgan fingerprint density at radius 3 is 2.90 bits per heavy atom. The third kappa shape index (κ3) is 5.14. The Labute approximate surface area is 172 Å². The fourth-order valence-electron chi connectivity index (χ4n) is 3.06. The molecule has 9 nitrogen and oxygen atoms in total. The van der Waals surface area contributed by atoms with Crippen LogP contribution in [0.4, 0.5) is 11.4 Å². The van der Waals surface area contributed by atoms with Gasteiger partial charge in [-0.05, 0) is 25.2 Å². The predicted octanol–water partition coefficient (Wildman–Crippen LogP) is 3.19. The number of hydrogen-bond donors (Lipinski definition) is 1. The van der Waals surface area contributed by atoms with E-state index in [2.05, 4.69) is 5.32 Å². The van der Waals surface area contributed by atoms with Gasteiger partial charge in [-0.1, -0.05) is 11.6 Å². The third-order valence-corrected chi connectivity index (χ3v) is 4.51. The number of carbonyl (C=O) groups excluding carboxylic acids is 1. The van der Waals surface area contributed by atoms with Gasteiger partial charge >= 0.3 is 0 Å². The average Bonchev–Trinajstić information content (AvgIpc) is 2.67. The van der Waals surface area contributed by atoms with Crippen molar-refractivity contribution in [2.45, 2.75) is 13.2 Å². The molecule has 0 aromatic heterocycles. The number of non-ortho nitro benzene ring substituents is 1. The number of nitrogens with zero attached hydrogens (tertiary/aromatic N) is 2. The van der Waals surface area contributed by atoms with E-state index in [1.54, 1.807) is 30.1 Å². The number of likely N-dealkylation sites (N-methyl/N-ethyl adjacent to an activating group) is 1. The highest BCUT2D eigenvalue weighted by Gasteiger charge is 2.22. The number of nitrogens with one attached hydrogen (secondary N) is 1. The number of carbonyl (C=O) groups is 1. The number of fused-ring (bicyclic) bond motifs is 1. The third-order valence-electron chi connectivity index (χ3n) is 4.27. The number of nitro benzene ring substituents is 1. The second-order valence-corrected chi connectivity index (χ2v) is 6.96. The van der Waals surface area contributed by atoms with E-state index in [0.29, 0.717) is 33.3 Å². The molecule has 0 unspecified atom stereocenters. The Balaban J connectivity index is 1.71. The summed E-state index contributed by atoms with van der Waals surface area (Å²) in [6.45, 7) is 0.646. The van der Waals surface area contributed by atoms with Crippen LogP contribution in [-0.2, 0) is 22.7 Å². The van der Waals surface area contributed by atoms with Crippen molar-refractivity contribution in [2.24, 2.45) is 0 Å². The molecule has 2 aromatic carbocycles. The quantitative estimate of drug-likeness (QED) is 0.540. The highest BCUT2D eigenvalue weighted by molar-refractivity contribution is 6.31. The smallest absolute Gasteiger partial charge is 0.270 e. The Kier molecular flexibility index (Phi) is 6.53. The molecule has 0 aliphatic carbocycles. The van der Waals surface area contributed by atoms with Gasteiger partial charge in [-0.2, -0.15) is 0 Å². The van der Waals surface area contributed by atoms with Crippen molar-refractivity contribution in [1.29, 1.82) is 0 Å². The number of hydrogen-bond acceptors (Lipinski definition) is 7. The molecule has 1 N–H and O–H groups in total. The zero-order chi connectivity index (χ0) is 21.0. The lowest BCUT2D eigenvalue weighted by atomic mass is 10.1. The largest absolute Gasteiger partial charge is 0.495 e. The van der Waals surface area contributed by atoms with Crippen molar-refractivity contribution in [3.05, 3.63) is 56.6 Å². The van der Waals surface area contributed by atoms with Gasteiger partial charge in [0, 0.05) is 34.8 Å². The Morgan fingerprint density at radius 1 is 1.38 bits per heavy atom. The highest BCUT2D eigenvalue weighted by Crippen LogP contribution is 2.33. The van der Waals surface area contributed by atoms with Crippen molar-refractivity contribution < 1.29 is 23.9 Å². The van der Waals surface area contributed by atoms with Crippen LogP contribution in [0.5, 0.6) is 11.5 Å². The van der Waals surface area contributed by atoms with Crippen molar-refractivity contribution in [1.82, 2.24) is 4.90 Å². The molecular formula is C19H20ClN3O6. The topological polar surface area (TPSA) is 103 Å². The maximum atomic E-state index is 12.4. The molecule has 1 aliphatic rings. The van der Waals surface area contributed by atoms with Gasteiger partial charge in [0.2, 0.25) is 5.91 Å². The molecule has 3 rings (SSSR count). The number of halogens is 1. The summed E-state index contributed by atoms with van der Waals surface area (Å²) in [4.78, 5) is 24.9. The van der Waals surface area contributed by atoms with E-state index < -0.39 is 4.92 Å².